The summed E-state index contributed by atoms with van der Waals surface area (Å²) in [6, 6.07) is 45.6. The molecule has 2 heterocycles. The van der Waals surface area contributed by atoms with Gasteiger partial charge in [-0.1, -0.05) is 109 Å². The molecule has 6 aromatic rings. The quantitative estimate of drug-likeness (QED) is 0.246. The molecule has 0 atom stereocenters. The minimum atomic E-state index is 1.04. The monoisotopic (exact) mass is 470 g/mol. The molecule has 0 aromatic heterocycles. The van der Waals surface area contributed by atoms with Crippen LogP contribution in [-0.2, 0) is 0 Å². The Hall–Kier alpha value is -4.95. The number of para-hydroxylation sites is 2. The fourth-order valence-corrected chi connectivity index (χ4v) is 5.91. The van der Waals surface area contributed by atoms with E-state index in [9.17, 15) is 0 Å². The van der Waals surface area contributed by atoms with Gasteiger partial charge < -0.3 is 4.57 Å². The first kappa shape index (κ1) is 20.3. The molecule has 37 heavy (non-hydrogen) atoms. The van der Waals surface area contributed by atoms with Crippen LogP contribution in [0.5, 0.6) is 0 Å². The molecule has 8 rings (SSSR count). The zero-order valence-electron chi connectivity index (χ0n) is 20.1. The van der Waals surface area contributed by atoms with Gasteiger partial charge in [-0.2, -0.15) is 0 Å². The molecular formula is C35H22N2. The zero-order valence-corrected chi connectivity index (χ0v) is 20.1. The van der Waals surface area contributed by atoms with Crippen molar-refractivity contribution in [3.63, 3.8) is 0 Å². The third kappa shape index (κ3) is 2.96. The summed E-state index contributed by atoms with van der Waals surface area (Å²) < 4.78 is 2.35. The van der Waals surface area contributed by atoms with Crippen molar-refractivity contribution in [1.82, 2.24) is 9.55 Å². The van der Waals surface area contributed by atoms with Crippen molar-refractivity contribution in [3.8, 4) is 28.1 Å². The first-order valence-electron chi connectivity index (χ1n) is 12.7. The molecule has 0 saturated heterocycles. The van der Waals surface area contributed by atoms with Crippen molar-refractivity contribution in [2.24, 2.45) is 0 Å². The highest BCUT2D eigenvalue weighted by atomic mass is 15.0. The van der Waals surface area contributed by atoms with Crippen molar-refractivity contribution in [2.45, 2.75) is 0 Å². The summed E-state index contributed by atoms with van der Waals surface area (Å²) in [4.78, 5) is 5.01. The van der Waals surface area contributed by atoms with Gasteiger partial charge in [-0.25, -0.2) is 4.98 Å². The van der Waals surface area contributed by atoms with Crippen molar-refractivity contribution in [1.29, 1.82) is 0 Å². The molecule has 0 fully saturated rings. The molecule has 0 amide bonds. The first-order valence-corrected chi connectivity index (χ1v) is 12.7. The lowest BCUT2D eigenvalue weighted by molar-refractivity contribution is 1.12. The third-order valence-corrected chi connectivity index (χ3v) is 7.60. The van der Waals surface area contributed by atoms with E-state index in [0.717, 1.165) is 16.7 Å². The second-order valence-corrected chi connectivity index (χ2v) is 9.61. The summed E-state index contributed by atoms with van der Waals surface area (Å²) in [6.45, 7) is 0. The highest BCUT2D eigenvalue weighted by molar-refractivity contribution is 6.10. The van der Waals surface area contributed by atoms with Crippen LogP contribution >= 0.6 is 0 Å². The van der Waals surface area contributed by atoms with Gasteiger partial charge in [0.15, 0.2) is 0 Å². The fraction of sp³-hybridized carbons (Fsp3) is 0. The Bertz CT molecular complexity index is 2090. The van der Waals surface area contributed by atoms with Crippen molar-refractivity contribution < 1.29 is 0 Å². The maximum atomic E-state index is 5.01. The van der Waals surface area contributed by atoms with E-state index in [4.69, 9.17) is 4.98 Å². The fourth-order valence-electron chi connectivity index (χ4n) is 5.91. The SMILES string of the molecule is c1ccc2c(-c3ccc(-n4cc5c6ccccc6nc-5c5ccccc54)c4ccccc34)cccc2c1. The number of aromatic nitrogens is 2. The van der Waals surface area contributed by atoms with Crippen LogP contribution in [0.4, 0.5) is 0 Å². The average Bonchev–Trinajstić information content (AvgIpc) is 3.35. The van der Waals surface area contributed by atoms with E-state index >= 15 is 0 Å². The minimum absolute atomic E-state index is 1.04. The summed E-state index contributed by atoms with van der Waals surface area (Å²) in [6.07, 6.45) is 2.27. The van der Waals surface area contributed by atoms with Gasteiger partial charge in [0, 0.05) is 27.9 Å². The van der Waals surface area contributed by atoms with Crippen LogP contribution in [0.1, 0.15) is 0 Å². The van der Waals surface area contributed by atoms with Crippen molar-refractivity contribution in [2.75, 3.05) is 0 Å². The standard InChI is InChI=1S/C35H22N2/c1-2-12-24-23(10-1)11-9-17-25(24)27-20-21-34(29-15-4-3-13-26(27)29)37-22-31-28-14-5-7-18-32(28)36-35(31)30-16-6-8-19-33(30)37/h1-22H. The van der Waals surface area contributed by atoms with Gasteiger partial charge in [-0.3, -0.25) is 0 Å². The van der Waals surface area contributed by atoms with Crippen LogP contribution in [0.2, 0.25) is 0 Å². The molecule has 0 saturated carbocycles. The lowest BCUT2D eigenvalue weighted by Gasteiger charge is -2.19. The molecule has 2 heteroatoms. The molecule has 0 unspecified atom stereocenters. The summed E-state index contributed by atoms with van der Waals surface area (Å²) in [7, 11) is 0. The maximum absolute atomic E-state index is 5.01. The molecule has 172 valence electrons. The summed E-state index contributed by atoms with van der Waals surface area (Å²) in [5.41, 5.74) is 8.11. The van der Waals surface area contributed by atoms with E-state index < -0.39 is 0 Å². The molecular weight excluding hydrogens is 448 g/mol. The van der Waals surface area contributed by atoms with Crippen molar-refractivity contribution in [3.05, 3.63) is 134 Å². The summed E-state index contributed by atoms with van der Waals surface area (Å²) in [5.74, 6) is 0. The molecule has 2 aliphatic heterocycles. The number of hydrogen-bond acceptors (Lipinski definition) is 1. The van der Waals surface area contributed by atoms with E-state index in [2.05, 4.69) is 138 Å². The van der Waals surface area contributed by atoms with E-state index in [0.29, 0.717) is 0 Å². The largest absolute Gasteiger partial charge is 0.315 e. The summed E-state index contributed by atoms with van der Waals surface area (Å²) >= 11 is 0. The van der Waals surface area contributed by atoms with Gasteiger partial charge in [-0.15, -0.1) is 0 Å². The molecule has 2 nitrogen and oxygen atoms in total. The smallest absolute Gasteiger partial charge is 0.0824 e. The number of fused-ring (bicyclic) bond motifs is 7. The van der Waals surface area contributed by atoms with E-state index in [1.165, 1.54) is 54.7 Å². The topological polar surface area (TPSA) is 17.8 Å². The average molecular weight is 471 g/mol. The van der Waals surface area contributed by atoms with Gasteiger partial charge in [0.25, 0.3) is 0 Å². The Balaban J connectivity index is 1.47. The van der Waals surface area contributed by atoms with Crippen LogP contribution in [0, 0.1) is 0 Å². The minimum Gasteiger partial charge on any atom is -0.315 e. The molecule has 0 N–H and O–H groups in total. The third-order valence-electron chi connectivity index (χ3n) is 7.60. The maximum Gasteiger partial charge on any atom is 0.0824 e. The second kappa shape index (κ2) is 7.78. The van der Waals surface area contributed by atoms with Crippen LogP contribution < -0.4 is 0 Å². The van der Waals surface area contributed by atoms with Crippen LogP contribution in [-0.4, -0.2) is 9.55 Å². The van der Waals surface area contributed by atoms with Gasteiger partial charge in [0.1, 0.15) is 0 Å². The highest BCUT2D eigenvalue weighted by Gasteiger charge is 2.19. The predicted molar refractivity (Wildman–Crippen MR) is 156 cm³/mol. The van der Waals surface area contributed by atoms with E-state index in [1.54, 1.807) is 0 Å². The number of benzene rings is 6. The number of pyridine rings is 1. The number of hydrogen-bond donors (Lipinski definition) is 0. The molecule has 0 radical (unpaired) electrons. The van der Waals surface area contributed by atoms with Crippen molar-refractivity contribution >= 4 is 43.4 Å². The lowest BCUT2D eigenvalue weighted by Crippen LogP contribution is -2.01. The zero-order chi connectivity index (χ0) is 24.3. The van der Waals surface area contributed by atoms with E-state index in [-0.39, 0.29) is 0 Å². The first-order chi connectivity index (χ1) is 18.4. The van der Waals surface area contributed by atoms with Gasteiger partial charge in [-0.05, 0) is 45.5 Å². The second-order valence-electron chi connectivity index (χ2n) is 9.61. The predicted octanol–water partition coefficient (Wildman–Crippen LogP) is 9.26. The molecule has 2 aliphatic rings. The van der Waals surface area contributed by atoms with Crippen LogP contribution in [0.25, 0.3) is 71.4 Å². The normalized spacial score (nSPS) is 11.8. The Morgan fingerprint density at radius 1 is 0.432 bits per heavy atom. The van der Waals surface area contributed by atoms with Gasteiger partial charge >= 0.3 is 0 Å². The Kier molecular flexibility index (Phi) is 4.26. The molecule has 0 aliphatic carbocycles. The number of rotatable bonds is 2. The number of nitrogens with zero attached hydrogens (tertiary/aromatic N) is 2. The Morgan fingerprint density at radius 2 is 1.08 bits per heavy atom. The Labute approximate surface area is 214 Å². The van der Waals surface area contributed by atoms with Crippen LogP contribution in [0.3, 0.4) is 0 Å². The van der Waals surface area contributed by atoms with E-state index in [1.807, 2.05) is 0 Å². The lowest BCUT2D eigenvalue weighted by atomic mass is 9.93. The molecule has 0 bridgehead atoms. The Morgan fingerprint density at radius 3 is 1.97 bits per heavy atom. The molecule has 6 aromatic carbocycles. The highest BCUT2D eigenvalue weighted by Crippen LogP contribution is 2.40. The van der Waals surface area contributed by atoms with Crippen LogP contribution in [0.15, 0.2) is 134 Å². The van der Waals surface area contributed by atoms with Gasteiger partial charge in [0.2, 0.25) is 0 Å². The summed E-state index contributed by atoms with van der Waals surface area (Å²) in [5, 5.41) is 7.36. The van der Waals surface area contributed by atoms with Gasteiger partial charge in [0.05, 0.1) is 22.4 Å². The molecule has 0 spiro atoms.